The van der Waals surface area contributed by atoms with Gasteiger partial charge >= 0.3 is 6.03 Å². The number of rotatable bonds is 4. The van der Waals surface area contributed by atoms with Gasteiger partial charge in [0.1, 0.15) is 0 Å². The van der Waals surface area contributed by atoms with Gasteiger partial charge in [-0.3, -0.25) is 0 Å². The van der Waals surface area contributed by atoms with E-state index in [0.29, 0.717) is 6.42 Å². The number of hydrogen-bond donors (Lipinski definition) is 3. The summed E-state index contributed by atoms with van der Waals surface area (Å²) in [4.78, 5) is 11.6. The topological polar surface area (TPSA) is 61.4 Å². The number of hydrogen-bond acceptors (Lipinski definition) is 2. The lowest BCUT2D eigenvalue weighted by Gasteiger charge is -2.14. The Balaban J connectivity index is 2.56. The first kappa shape index (κ1) is 13.5. The first-order valence-corrected chi connectivity index (χ1v) is 5.78. The number of carbonyl (C=O) groups is 1. The molecule has 17 heavy (non-hydrogen) atoms. The molecule has 0 spiro atoms. The van der Waals surface area contributed by atoms with Gasteiger partial charge in [0.05, 0.1) is 0 Å². The average Bonchev–Trinajstić information content (AvgIpc) is 2.22. The minimum Gasteiger partial charge on any atom is -0.396 e. The van der Waals surface area contributed by atoms with E-state index in [4.69, 9.17) is 5.11 Å². The molecule has 4 nitrogen and oxygen atoms in total. The van der Waals surface area contributed by atoms with Crippen LogP contribution in [0.5, 0.6) is 0 Å². The van der Waals surface area contributed by atoms with Crippen LogP contribution in [0.1, 0.15) is 24.5 Å². The van der Waals surface area contributed by atoms with Crippen molar-refractivity contribution in [1.82, 2.24) is 5.32 Å². The van der Waals surface area contributed by atoms with E-state index in [1.54, 1.807) is 0 Å². The highest BCUT2D eigenvalue weighted by Crippen LogP contribution is 2.15. The zero-order chi connectivity index (χ0) is 12.8. The molecule has 0 radical (unpaired) electrons. The summed E-state index contributed by atoms with van der Waals surface area (Å²) in [5.74, 6) is 0. The van der Waals surface area contributed by atoms with Gasteiger partial charge in [-0.05, 0) is 38.8 Å². The van der Waals surface area contributed by atoms with Crippen molar-refractivity contribution in [3.63, 3.8) is 0 Å². The van der Waals surface area contributed by atoms with Gasteiger partial charge in [0.2, 0.25) is 0 Å². The molecule has 3 N–H and O–H groups in total. The number of anilines is 1. The van der Waals surface area contributed by atoms with Crippen LogP contribution in [0.2, 0.25) is 0 Å². The number of amides is 2. The van der Waals surface area contributed by atoms with Crippen molar-refractivity contribution in [1.29, 1.82) is 0 Å². The Hall–Kier alpha value is -1.55. The number of carbonyl (C=O) groups excluding carboxylic acids is 1. The second kappa shape index (κ2) is 6.25. The predicted octanol–water partition coefficient (Wildman–Crippen LogP) is 2.20. The molecule has 1 aromatic carbocycles. The Morgan fingerprint density at radius 3 is 2.71 bits per heavy atom. The SMILES string of the molecule is Cc1ccc(NC(=O)N[C@H](C)CCO)c(C)c1. The van der Waals surface area contributed by atoms with Crippen molar-refractivity contribution in [2.24, 2.45) is 0 Å². The highest BCUT2D eigenvalue weighted by Gasteiger charge is 2.07. The third-order valence-electron chi connectivity index (χ3n) is 2.57. The van der Waals surface area contributed by atoms with E-state index in [9.17, 15) is 4.79 Å². The maximum atomic E-state index is 11.6. The molecule has 0 heterocycles. The number of urea groups is 1. The van der Waals surface area contributed by atoms with Crippen LogP contribution in [-0.4, -0.2) is 23.8 Å². The van der Waals surface area contributed by atoms with Crippen LogP contribution < -0.4 is 10.6 Å². The molecule has 2 amide bonds. The number of aryl methyl sites for hydroxylation is 2. The summed E-state index contributed by atoms with van der Waals surface area (Å²) in [5.41, 5.74) is 3.02. The van der Waals surface area contributed by atoms with E-state index in [-0.39, 0.29) is 18.7 Å². The predicted molar refractivity (Wildman–Crippen MR) is 69.2 cm³/mol. The molecule has 0 aromatic heterocycles. The van der Waals surface area contributed by atoms with Crippen LogP contribution in [0.25, 0.3) is 0 Å². The quantitative estimate of drug-likeness (QED) is 0.750. The summed E-state index contributed by atoms with van der Waals surface area (Å²) >= 11 is 0. The number of aliphatic hydroxyl groups excluding tert-OH is 1. The van der Waals surface area contributed by atoms with Gasteiger partial charge in [-0.25, -0.2) is 4.79 Å². The molecule has 0 saturated carbocycles. The van der Waals surface area contributed by atoms with Gasteiger partial charge in [0.15, 0.2) is 0 Å². The standard InChI is InChI=1S/C13H20N2O2/c1-9-4-5-12(10(2)8-9)15-13(17)14-11(3)6-7-16/h4-5,8,11,16H,6-7H2,1-3H3,(H2,14,15,17)/t11-/m1/s1. The average molecular weight is 236 g/mol. The zero-order valence-corrected chi connectivity index (χ0v) is 10.6. The third kappa shape index (κ3) is 4.44. The van der Waals surface area contributed by atoms with Crippen LogP contribution in [0.15, 0.2) is 18.2 Å². The van der Waals surface area contributed by atoms with Crippen molar-refractivity contribution in [2.45, 2.75) is 33.2 Å². The van der Waals surface area contributed by atoms with Crippen molar-refractivity contribution in [2.75, 3.05) is 11.9 Å². The molecule has 0 aliphatic heterocycles. The van der Waals surface area contributed by atoms with Crippen LogP contribution >= 0.6 is 0 Å². The number of benzene rings is 1. The number of aliphatic hydroxyl groups is 1. The van der Waals surface area contributed by atoms with E-state index >= 15 is 0 Å². The largest absolute Gasteiger partial charge is 0.396 e. The highest BCUT2D eigenvalue weighted by atomic mass is 16.3. The molecule has 0 aliphatic rings. The lowest BCUT2D eigenvalue weighted by molar-refractivity contribution is 0.241. The highest BCUT2D eigenvalue weighted by molar-refractivity contribution is 5.90. The zero-order valence-electron chi connectivity index (χ0n) is 10.6. The molecule has 4 heteroatoms. The van der Waals surface area contributed by atoms with Crippen molar-refractivity contribution < 1.29 is 9.90 Å². The van der Waals surface area contributed by atoms with Gasteiger partial charge in [0, 0.05) is 18.3 Å². The summed E-state index contributed by atoms with van der Waals surface area (Å²) in [5, 5.41) is 14.3. The third-order valence-corrected chi connectivity index (χ3v) is 2.57. The smallest absolute Gasteiger partial charge is 0.319 e. The molecule has 0 fully saturated rings. The fraction of sp³-hybridized carbons (Fsp3) is 0.462. The molecule has 0 saturated heterocycles. The molecule has 0 aliphatic carbocycles. The van der Waals surface area contributed by atoms with Gasteiger partial charge in [-0.2, -0.15) is 0 Å². The van der Waals surface area contributed by atoms with Crippen molar-refractivity contribution in [3.8, 4) is 0 Å². The van der Waals surface area contributed by atoms with Crippen LogP contribution in [0, 0.1) is 13.8 Å². The van der Waals surface area contributed by atoms with E-state index in [1.165, 1.54) is 5.56 Å². The molecule has 1 aromatic rings. The van der Waals surface area contributed by atoms with Gasteiger partial charge < -0.3 is 15.7 Å². The second-order valence-corrected chi connectivity index (χ2v) is 4.33. The minimum absolute atomic E-state index is 0.0363. The maximum absolute atomic E-state index is 11.6. The fourth-order valence-electron chi connectivity index (χ4n) is 1.60. The van der Waals surface area contributed by atoms with E-state index in [2.05, 4.69) is 10.6 Å². The summed E-state index contributed by atoms with van der Waals surface area (Å²) in [6.45, 7) is 5.91. The van der Waals surface area contributed by atoms with Crippen LogP contribution in [0.4, 0.5) is 10.5 Å². The molecule has 0 unspecified atom stereocenters. The van der Waals surface area contributed by atoms with Crippen molar-refractivity contribution >= 4 is 11.7 Å². The van der Waals surface area contributed by atoms with E-state index < -0.39 is 0 Å². The minimum atomic E-state index is -0.238. The van der Waals surface area contributed by atoms with Gasteiger partial charge in [0.25, 0.3) is 0 Å². The second-order valence-electron chi connectivity index (χ2n) is 4.33. The van der Waals surface area contributed by atoms with Crippen molar-refractivity contribution in [3.05, 3.63) is 29.3 Å². The lowest BCUT2D eigenvalue weighted by atomic mass is 10.1. The first-order chi connectivity index (χ1) is 8.02. The molecular weight excluding hydrogens is 216 g/mol. The normalized spacial score (nSPS) is 12.0. The number of nitrogens with one attached hydrogen (secondary N) is 2. The Morgan fingerprint density at radius 1 is 1.41 bits per heavy atom. The van der Waals surface area contributed by atoms with E-state index in [1.807, 2.05) is 39.0 Å². The Morgan fingerprint density at radius 2 is 2.12 bits per heavy atom. The van der Waals surface area contributed by atoms with Crippen LogP contribution in [0.3, 0.4) is 0 Å². The summed E-state index contributed by atoms with van der Waals surface area (Å²) in [7, 11) is 0. The molecule has 94 valence electrons. The van der Waals surface area contributed by atoms with Gasteiger partial charge in [-0.15, -0.1) is 0 Å². The van der Waals surface area contributed by atoms with Crippen LogP contribution in [-0.2, 0) is 0 Å². The Kier molecular flexibility index (Phi) is 4.97. The Labute approximate surface area is 102 Å². The molecule has 1 atom stereocenters. The molecular formula is C13H20N2O2. The summed E-state index contributed by atoms with van der Waals surface area (Å²) in [6.07, 6.45) is 0.556. The summed E-state index contributed by atoms with van der Waals surface area (Å²) in [6, 6.07) is 5.59. The Bertz CT molecular complexity index is 391. The fourth-order valence-corrected chi connectivity index (χ4v) is 1.60. The van der Waals surface area contributed by atoms with E-state index in [0.717, 1.165) is 11.3 Å². The monoisotopic (exact) mass is 236 g/mol. The summed E-state index contributed by atoms with van der Waals surface area (Å²) < 4.78 is 0. The first-order valence-electron chi connectivity index (χ1n) is 5.78. The lowest BCUT2D eigenvalue weighted by Crippen LogP contribution is -2.36. The maximum Gasteiger partial charge on any atom is 0.319 e. The molecule has 1 rings (SSSR count). The molecule has 0 bridgehead atoms. The van der Waals surface area contributed by atoms with Gasteiger partial charge in [-0.1, -0.05) is 17.7 Å².